The van der Waals surface area contributed by atoms with Crippen molar-refractivity contribution in [1.29, 1.82) is 0 Å². The van der Waals surface area contributed by atoms with Gasteiger partial charge in [-0.25, -0.2) is 0 Å². The molecule has 0 aromatic rings. The molecule has 0 spiro atoms. The molecule has 0 aliphatic heterocycles. The number of hydrogen-bond acceptors (Lipinski definition) is 3. The molecule has 0 aromatic carbocycles. The average molecular weight is 562 g/mol. The van der Waals surface area contributed by atoms with Crippen molar-refractivity contribution in [3.05, 3.63) is 46.9 Å². The molecule has 13 heteroatoms. The van der Waals surface area contributed by atoms with E-state index < -0.39 is 26.5 Å². The molecule has 0 heterocycles. The summed E-state index contributed by atoms with van der Waals surface area (Å²) in [4.78, 5) is 0. The van der Waals surface area contributed by atoms with Crippen LogP contribution in [-0.2, 0) is 36.7 Å². The fourth-order valence-electron chi connectivity index (χ4n) is 1.69. The number of allylic oxidation sites excluding steroid dienone is 4. The van der Waals surface area contributed by atoms with E-state index in [0.29, 0.717) is 0 Å². The van der Waals surface area contributed by atoms with Crippen molar-refractivity contribution >= 4 is 32.0 Å². The van der Waals surface area contributed by atoms with Gasteiger partial charge in [0.15, 0.2) is 26.5 Å². The van der Waals surface area contributed by atoms with Crippen LogP contribution in [0, 0.1) is 18.3 Å². The normalized spacial score (nSPS) is 16.9. The number of fused-ring (bicyclic) bond motifs is 1. The van der Waals surface area contributed by atoms with Gasteiger partial charge in [-0.1, -0.05) is 24.6 Å². The first-order valence-corrected chi connectivity index (χ1v) is 19.7. The Bertz CT molecular complexity index is 416. The second-order valence-corrected chi connectivity index (χ2v) is 18.2. The van der Waals surface area contributed by atoms with Crippen LogP contribution in [0.25, 0.3) is 16.2 Å². The summed E-state index contributed by atoms with van der Waals surface area (Å²) in [5.74, 6) is 1.62. The standard InChI is InChI=1S/C9H11.C2H6Si.3CH4NOSi.2ClH.Zr/c1-2-5-9-7-3-6-8(9)4-1;1-3-2;3*1-4(2)3;;;/h1-2,4-6,8-9H,3,7H2;1-2H3;3*2H,1H3;2*1H;/q-1;;3*-1;;;+2/p-2. The zero-order valence-electron chi connectivity index (χ0n) is 16.4. The van der Waals surface area contributed by atoms with Crippen molar-refractivity contribution in [1.82, 2.24) is 0 Å². The molecule has 6 nitrogen and oxygen atoms in total. The van der Waals surface area contributed by atoms with Crippen molar-refractivity contribution in [2.24, 2.45) is 11.8 Å². The summed E-state index contributed by atoms with van der Waals surface area (Å²) in [5.41, 5.74) is 0.210. The van der Waals surface area contributed by atoms with Crippen LogP contribution < -0.4 is 24.8 Å². The predicted octanol–water partition coefficient (Wildman–Crippen LogP) is -1.10. The minimum Gasteiger partial charge on any atom is -1.00 e. The van der Waals surface area contributed by atoms with Gasteiger partial charge in [0.1, 0.15) is 0 Å². The maximum Gasteiger partial charge on any atom is 0.174 e. The Morgan fingerprint density at radius 1 is 0.852 bits per heavy atom. The zero-order chi connectivity index (χ0) is 20.4. The largest absolute Gasteiger partial charge is 1.00 e. The third-order valence-electron chi connectivity index (χ3n) is 2.24. The van der Waals surface area contributed by atoms with E-state index in [4.69, 9.17) is 16.2 Å². The average Bonchev–Trinajstić information content (AvgIpc) is 2.83. The summed E-state index contributed by atoms with van der Waals surface area (Å²) < 4.78 is 27.9. The number of rotatable bonds is 0. The zero-order valence-corrected chi connectivity index (χ0v) is 24.4. The van der Waals surface area contributed by atoms with Crippen LogP contribution in [0.4, 0.5) is 0 Å². The molecular formula is C14H29Cl2N3O3Si4Zr-4. The third kappa shape index (κ3) is 52.0. The second-order valence-electron chi connectivity index (χ2n) is 5.49. The molecule has 0 amide bonds. The minimum absolute atomic E-state index is 0. The van der Waals surface area contributed by atoms with Gasteiger partial charge < -0.3 is 60.8 Å². The molecule has 0 saturated heterocycles. The van der Waals surface area contributed by atoms with E-state index in [1.807, 2.05) is 0 Å². The van der Waals surface area contributed by atoms with Crippen molar-refractivity contribution in [3.63, 3.8) is 0 Å². The summed E-state index contributed by atoms with van der Waals surface area (Å²) in [6, 6.07) is 0. The van der Waals surface area contributed by atoms with Crippen LogP contribution >= 0.6 is 0 Å². The van der Waals surface area contributed by atoms with E-state index in [1.165, 1.54) is 32.5 Å². The second kappa shape index (κ2) is 26.6. The Balaban J connectivity index is -0.0000000790. The fourth-order valence-corrected chi connectivity index (χ4v) is 1.69. The van der Waals surface area contributed by atoms with Gasteiger partial charge >= 0.3 is 41.9 Å². The Morgan fingerprint density at radius 2 is 1.15 bits per heavy atom. The van der Waals surface area contributed by atoms with Gasteiger partial charge in [-0.3, -0.25) is 0 Å². The molecule has 3 N–H and O–H groups in total. The number of nitrogens with one attached hydrogen (secondary N) is 3. The third-order valence-corrected chi connectivity index (χ3v) is 2.24. The molecule has 27 heavy (non-hydrogen) atoms. The van der Waals surface area contributed by atoms with Crippen LogP contribution in [0.15, 0.2) is 24.3 Å². The molecule has 0 radical (unpaired) electrons. The monoisotopic (exact) mass is 559 g/mol. The first-order chi connectivity index (χ1) is 11.4. The number of hydrogen-bond donors (Lipinski definition) is 0. The van der Waals surface area contributed by atoms with Gasteiger partial charge in [0.2, 0.25) is 0 Å². The molecule has 2 aliphatic carbocycles. The molecule has 1 saturated carbocycles. The fraction of sp³-hybridized carbons (Fsp3) is 0.643. The summed E-state index contributed by atoms with van der Waals surface area (Å²) in [5, 5.41) is 18.4. The van der Waals surface area contributed by atoms with Crippen LogP contribution in [0.3, 0.4) is 0 Å². The van der Waals surface area contributed by atoms with E-state index in [9.17, 15) is 13.4 Å². The Labute approximate surface area is 196 Å². The quantitative estimate of drug-likeness (QED) is 0.275. The minimum atomic E-state index is -1.88. The summed E-state index contributed by atoms with van der Waals surface area (Å²) >= 11 is 1.74. The SMILES string of the molecule is C1=CC2[CH-]CCC2C=C1.C[Si](C)=[Zr+2].C[Si]([NH-])=O.C[Si]([NH-])=O.C[Si]([NH-])=O.[Cl-].[Cl-]. The van der Waals surface area contributed by atoms with E-state index in [2.05, 4.69) is 43.8 Å². The van der Waals surface area contributed by atoms with Crippen LogP contribution in [0.2, 0.25) is 32.7 Å². The first-order valence-electron chi connectivity index (χ1n) is 7.76. The van der Waals surface area contributed by atoms with Gasteiger partial charge in [0.25, 0.3) is 0 Å². The van der Waals surface area contributed by atoms with Gasteiger partial charge in [-0.2, -0.15) is 6.42 Å². The molecule has 2 aliphatic rings. The van der Waals surface area contributed by atoms with Crippen molar-refractivity contribution in [3.8, 4) is 0 Å². The van der Waals surface area contributed by atoms with Crippen LogP contribution in [0.1, 0.15) is 12.8 Å². The van der Waals surface area contributed by atoms with Crippen molar-refractivity contribution in [2.75, 3.05) is 0 Å². The molecule has 2 atom stereocenters. The van der Waals surface area contributed by atoms with Crippen molar-refractivity contribution < 1.29 is 61.5 Å². The molecular weight excluding hydrogens is 533 g/mol. The summed E-state index contributed by atoms with van der Waals surface area (Å²) in [6.07, 6.45) is 14.1. The van der Waals surface area contributed by atoms with Gasteiger partial charge in [0, 0.05) is 0 Å². The van der Waals surface area contributed by atoms with Crippen molar-refractivity contribution in [2.45, 2.75) is 45.6 Å². The topological polar surface area (TPSA) is 123 Å². The first kappa shape index (κ1) is 38.2. The molecule has 2 rings (SSSR count). The van der Waals surface area contributed by atoms with Gasteiger partial charge in [-0.15, -0.1) is 12.0 Å². The van der Waals surface area contributed by atoms with E-state index in [1.54, 1.807) is 23.3 Å². The Morgan fingerprint density at radius 3 is 1.44 bits per heavy atom. The molecule has 0 bridgehead atoms. The Hall–Kier alpha value is 0.611. The summed E-state index contributed by atoms with van der Waals surface area (Å²) in [6.45, 7) is 8.76. The maximum atomic E-state index is 9.30. The maximum absolute atomic E-state index is 9.30. The van der Waals surface area contributed by atoms with Gasteiger partial charge in [-0.05, 0) is 25.6 Å². The number of halogens is 2. The summed E-state index contributed by atoms with van der Waals surface area (Å²) in [7, 11) is -5.64. The van der Waals surface area contributed by atoms with Crippen LogP contribution in [0.5, 0.6) is 0 Å². The van der Waals surface area contributed by atoms with E-state index in [0.717, 1.165) is 11.8 Å². The van der Waals surface area contributed by atoms with Crippen LogP contribution in [-0.4, -0.2) is 32.0 Å². The Kier molecular flexibility index (Phi) is 37.7. The van der Waals surface area contributed by atoms with E-state index >= 15 is 0 Å². The predicted molar refractivity (Wildman–Crippen MR) is 106 cm³/mol. The smallest absolute Gasteiger partial charge is 0.174 e. The van der Waals surface area contributed by atoms with E-state index in [-0.39, 0.29) is 30.2 Å². The molecule has 156 valence electrons. The molecule has 0 aromatic heterocycles. The molecule has 2 unspecified atom stereocenters. The van der Waals surface area contributed by atoms with Gasteiger partial charge in [0.05, 0.1) is 0 Å². The molecule has 1 fully saturated rings.